The second-order valence-corrected chi connectivity index (χ2v) is 6.90. The Balaban J connectivity index is 1.99. The van der Waals surface area contributed by atoms with E-state index in [2.05, 4.69) is 15.7 Å². The smallest absolute Gasteiger partial charge is 0.410 e. The van der Waals surface area contributed by atoms with E-state index in [9.17, 15) is 18.0 Å². The Morgan fingerprint density at radius 1 is 1.46 bits per heavy atom. The summed E-state index contributed by atoms with van der Waals surface area (Å²) in [5, 5.41) is 9.72. The van der Waals surface area contributed by atoms with Crippen molar-refractivity contribution >= 4 is 11.7 Å². The van der Waals surface area contributed by atoms with Crippen LogP contribution in [-0.4, -0.2) is 35.0 Å². The van der Waals surface area contributed by atoms with Crippen LogP contribution < -0.4 is 15.4 Å². The van der Waals surface area contributed by atoms with Gasteiger partial charge in [0, 0.05) is 12.5 Å². The summed E-state index contributed by atoms with van der Waals surface area (Å²) in [6.07, 6.45) is -2.84. The van der Waals surface area contributed by atoms with Gasteiger partial charge in [0.05, 0.1) is 19.3 Å². The highest BCUT2D eigenvalue weighted by molar-refractivity contribution is 5.99. The molecule has 0 bridgehead atoms. The van der Waals surface area contributed by atoms with Crippen molar-refractivity contribution in [2.45, 2.75) is 51.0 Å². The summed E-state index contributed by atoms with van der Waals surface area (Å²) in [6.45, 7) is 3.74. The molecule has 0 saturated carbocycles. The van der Waals surface area contributed by atoms with Gasteiger partial charge in [0.25, 0.3) is 5.91 Å². The molecule has 2 heterocycles. The number of rotatable bonds is 5. The highest BCUT2D eigenvalue weighted by atomic mass is 19.4. The molecule has 0 radical (unpaired) electrons. The molecule has 0 fully saturated rings. The van der Waals surface area contributed by atoms with E-state index in [1.54, 1.807) is 24.3 Å². The topological polar surface area (TPSA) is 68.2 Å². The van der Waals surface area contributed by atoms with Crippen molar-refractivity contribution in [3.63, 3.8) is 0 Å². The average molecular weight is 396 g/mol. The Hall–Kier alpha value is -2.71. The van der Waals surface area contributed by atoms with E-state index < -0.39 is 24.2 Å². The Bertz CT molecular complexity index is 850. The van der Waals surface area contributed by atoms with Crippen molar-refractivity contribution in [3.8, 4) is 5.75 Å². The zero-order chi connectivity index (χ0) is 20.5. The van der Waals surface area contributed by atoms with Gasteiger partial charge in [-0.1, -0.05) is 19.1 Å². The molecule has 6 nitrogen and oxygen atoms in total. The maximum Gasteiger partial charge on any atom is 0.410 e. The lowest BCUT2D eigenvalue weighted by molar-refractivity contribution is -0.173. The SMILES string of the molecule is CC[C@H](C)NC(=O)c1cnn2c1N[C@H](c1cccc(OC)c1)C[C@H]2C(F)(F)F. The minimum atomic E-state index is -4.50. The van der Waals surface area contributed by atoms with Crippen LogP contribution >= 0.6 is 0 Å². The fourth-order valence-corrected chi connectivity index (χ4v) is 3.21. The van der Waals surface area contributed by atoms with Crippen LogP contribution in [0.1, 0.15) is 54.7 Å². The molecule has 2 aromatic rings. The van der Waals surface area contributed by atoms with Crippen molar-refractivity contribution < 1.29 is 22.7 Å². The molecule has 0 saturated heterocycles. The molecular weight excluding hydrogens is 373 g/mol. The van der Waals surface area contributed by atoms with E-state index in [0.717, 1.165) is 4.68 Å². The molecule has 9 heteroatoms. The standard InChI is InChI=1S/C19H23F3N4O2/c1-4-11(2)24-18(27)14-10-23-26-16(19(20,21)22)9-15(25-17(14)26)12-6-5-7-13(8-12)28-3/h5-8,10-11,15-16,25H,4,9H2,1-3H3,(H,24,27)/t11-,15-,16-/m0/s1. The van der Waals surface area contributed by atoms with Crippen molar-refractivity contribution in [1.82, 2.24) is 15.1 Å². The molecule has 1 aliphatic rings. The monoisotopic (exact) mass is 396 g/mol. The maximum atomic E-state index is 13.7. The average Bonchev–Trinajstić information content (AvgIpc) is 3.10. The summed E-state index contributed by atoms with van der Waals surface area (Å²) in [5.41, 5.74) is 0.747. The van der Waals surface area contributed by atoms with Gasteiger partial charge in [-0.3, -0.25) is 4.79 Å². The molecule has 28 heavy (non-hydrogen) atoms. The lowest BCUT2D eigenvalue weighted by Crippen LogP contribution is -2.37. The van der Waals surface area contributed by atoms with E-state index in [1.165, 1.54) is 13.3 Å². The van der Waals surface area contributed by atoms with Gasteiger partial charge in [0.1, 0.15) is 17.1 Å². The third-order valence-electron chi connectivity index (χ3n) is 4.97. The quantitative estimate of drug-likeness (QED) is 0.799. The number of amides is 1. The van der Waals surface area contributed by atoms with Crippen LogP contribution in [0.4, 0.5) is 19.0 Å². The first-order valence-corrected chi connectivity index (χ1v) is 9.10. The van der Waals surface area contributed by atoms with Crippen molar-refractivity contribution in [2.24, 2.45) is 0 Å². The van der Waals surface area contributed by atoms with Gasteiger partial charge in [0.15, 0.2) is 6.04 Å². The molecule has 3 rings (SSSR count). The van der Waals surface area contributed by atoms with Crippen LogP contribution in [0.15, 0.2) is 30.5 Å². The Morgan fingerprint density at radius 2 is 2.21 bits per heavy atom. The summed E-state index contributed by atoms with van der Waals surface area (Å²) in [6, 6.07) is 4.31. The van der Waals surface area contributed by atoms with Crippen molar-refractivity contribution in [2.75, 3.05) is 12.4 Å². The number of methoxy groups -OCH3 is 1. The van der Waals surface area contributed by atoms with E-state index in [4.69, 9.17) is 4.74 Å². The van der Waals surface area contributed by atoms with E-state index in [-0.39, 0.29) is 23.8 Å². The number of carbonyl (C=O) groups is 1. The first kappa shape index (κ1) is 20.0. The Labute approximate surface area is 161 Å². The zero-order valence-corrected chi connectivity index (χ0v) is 15.9. The lowest BCUT2D eigenvalue weighted by Gasteiger charge is -2.34. The fourth-order valence-electron chi connectivity index (χ4n) is 3.21. The number of halogens is 3. The molecule has 1 aromatic carbocycles. The second kappa shape index (κ2) is 7.73. The largest absolute Gasteiger partial charge is 0.497 e. The zero-order valence-electron chi connectivity index (χ0n) is 15.9. The number of carbonyl (C=O) groups excluding carboxylic acids is 1. The predicted molar refractivity (Wildman–Crippen MR) is 98.5 cm³/mol. The normalized spacial score (nSPS) is 20.1. The molecule has 3 atom stereocenters. The van der Waals surface area contributed by atoms with Gasteiger partial charge in [0.2, 0.25) is 0 Å². The van der Waals surface area contributed by atoms with Crippen LogP contribution in [0.5, 0.6) is 5.75 Å². The molecule has 0 aliphatic carbocycles. The number of nitrogens with one attached hydrogen (secondary N) is 2. The highest BCUT2D eigenvalue weighted by Gasteiger charge is 2.47. The third-order valence-corrected chi connectivity index (χ3v) is 4.97. The number of fused-ring (bicyclic) bond motifs is 1. The van der Waals surface area contributed by atoms with Crippen LogP contribution in [0.2, 0.25) is 0 Å². The number of aromatic nitrogens is 2. The van der Waals surface area contributed by atoms with Gasteiger partial charge in [-0.05, 0) is 31.0 Å². The molecule has 0 spiro atoms. The molecule has 1 aromatic heterocycles. The van der Waals surface area contributed by atoms with Gasteiger partial charge in [-0.25, -0.2) is 4.68 Å². The van der Waals surface area contributed by atoms with E-state index >= 15 is 0 Å². The van der Waals surface area contributed by atoms with Gasteiger partial charge in [-0.2, -0.15) is 18.3 Å². The van der Waals surface area contributed by atoms with E-state index in [1.807, 2.05) is 13.8 Å². The first-order chi connectivity index (χ1) is 13.2. The van der Waals surface area contributed by atoms with Gasteiger partial charge < -0.3 is 15.4 Å². The number of nitrogens with zero attached hydrogens (tertiary/aromatic N) is 2. The number of anilines is 1. The summed E-state index contributed by atoms with van der Waals surface area (Å²) in [7, 11) is 1.50. The Kier molecular flexibility index (Phi) is 5.53. The molecule has 1 aliphatic heterocycles. The number of alkyl halides is 3. The van der Waals surface area contributed by atoms with Crippen LogP contribution in [-0.2, 0) is 0 Å². The fraction of sp³-hybridized carbons (Fsp3) is 0.474. The summed E-state index contributed by atoms with van der Waals surface area (Å²) in [4.78, 5) is 12.5. The summed E-state index contributed by atoms with van der Waals surface area (Å²) < 4.78 is 47.2. The third kappa shape index (κ3) is 3.93. The Morgan fingerprint density at radius 3 is 2.86 bits per heavy atom. The minimum absolute atomic E-state index is 0.0715. The minimum Gasteiger partial charge on any atom is -0.497 e. The van der Waals surface area contributed by atoms with E-state index in [0.29, 0.717) is 17.7 Å². The van der Waals surface area contributed by atoms with Crippen molar-refractivity contribution in [1.29, 1.82) is 0 Å². The number of ether oxygens (including phenoxy) is 1. The van der Waals surface area contributed by atoms with Gasteiger partial charge >= 0.3 is 6.18 Å². The predicted octanol–water partition coefficient (Wildman–Crippen LogP) is 4.08. The maximum absolute atomic E-state index is 13.7. The lowest BCUT2D eigenvalue weighted by atomic mass is 9.96. The van der Waals surface area contributed by atoms with Crippen molar-refractivity contribution in [3.05, 3.63) is 41.6 Å². The molecule has 1 amide bonds. The molecular formula is C19H23F3N4O2. The second-order valence-electron chi connectivity index (χ2n) is 6.90. The van der Waals surface area contributed by atoms with Gasteiger partial charge in [-0.15, -0.1) is 0 Å². The molecule has 0 unspecified atom stereocenters. The highest BCUT2D eigenvalue weighted by Crippen LogP contribution is 2.44. The molecule has 2 N–H and O–H groups in total. The van der Waals surface area contributed by atoms with Crippen LogP contribution in [0, 0.1) is 0 Å². The number of benzene rings is 1. The molecule has 152 valence electrons. The number of hydrogen-bond acceptors (Lipinski definition) is 4. The summed E-state index contributed by atoms with van der Waals surface area (Å²) >= 11 is 0. The van der Waals surface area contributed by atoms with Crippen LogP contribution in [0.3, 0.4) is 0 Å². The number of hydrogen-bond donors (Lipinski definition) is 2. The first-order valence-electron chi connectivity index (χ1n) is 9.10. The van der Waals surface area contributed by atoms with Crippen LogP contribution in [0.25, 0.3) is 0 Å². The summed E-state index contributed by atoms with van der Waals surface area (Å²) in [5.74, 6) is 0.175.